The number of amides is 1. The summed E-state index contributed by atoms with van der Waals surface area (Å²) < 4.78 is 42.6. The van der Waals surface area contributed by atoms with Crippen LogP contribution in [0.3, 0.4) is 0 Å². The monoisotopic (exact) mass is 512 g/mol. The van der Waals surface area contributed by atoms with Crippen LogP contribution in [0.2, 0.25) is 0 Å². The van der Waals surface area contributed by atoms with E-state index in [4.69, 9.17) is 14.2 Å². The van der Waals surface area contributed by atoms with Crippen LogP contribution in [-0.4, -0.2) is 47.4 Å². The summed E-state index contributed by atoms with van der Waals surface area (Å²) >= 11 is 0. The van der Waals surface area contributed by atoms with Crippen molar-refractivity contribution in [3.05, 3.63) is 83.4 Å². The van der Waals surface area contributed by atoms with E-state index < -0.39 is 21.9 Å². The lowest BCUT2D eigenvalue weighted by Gasteiger charge is -2.26. The van der Waals surface area contributed by atoms with Crippen molar-refractivity contribution < 1.29 is 32.2 Å². The van der Waals surface area contributed by atoms with Crippen LogP contribution < -0.4 is 19.1 Å². The number of rotatable bonds is 10. The molecule has 3 aromatic carbocycles. The van der Waals surface area contributed by atoms with Gasteiger partial charge in [-0.25, -0.2) is 13.2 Å². The van der Waals surface area contributed by atoms with E-state index in [2.05, 4.69) is 5.32 Å². The molecule has 0 radical (unpaired) electrons. The van der Waals surface area contributed by atoms with E-state index in [9.17, 15) is 18.0 Å². The van der Waals surface area contributed by atoms with Gasteiger partial charge in [-0.3, -0.25) is 9.10 Å². The van der Waals surface area contributed by atoms with Crippen LogP contribution in [-0.2, 0) is 21.3 Å². The second-order valence-corrected chi connectivity index (χ2v) is 9.64. The number of hydrogen-bond donors (Lipinski definition) is 1. The topological polar surface area (TPSA) is 111 Å². The fourth-order valence-corrected chi connectivity index (χ4v) is 4.38. The van der Waals surface area contributed by atoms with Gasteiger partial charge in [-0.2, -0.15) is 0 Å². The minimum Gasteiger partial charge on any atom is -0.493 e. The van der Waals surface area contributed by atoms with Crippen molar-refractivity contribution in [3.8, 4) is 11.5 Å². The average Bonchev–Trinajstić information content (AvgIpc) is 2.87. The first-order chi connectivity index (χ1) is 17.2. The number of methoxy groups -OCH3 is 2. The molecule has 0 fully saturated rings. The van der Waals surface area contributed by atoms with E-state index in [1.54, 1.807) is 43.3 Å². The van der Waals surface area contributed by atoms with Gasteiger partial charge >= 0.3 is 5.97 Å². The van der Waals surface area contributed by atoms with Gasteiger partial charge in [0, 0.05) is 11.8 Å². The summed E-state index contributed by atoms with van der Waals surface area (Å²) in [4.78, 5) is 25.3. The van der Waals surface area contributed by atoms with E-state index in [1.165, 1.54) is 38.5 Å². The number of nitrogens with zero attached hydrogens (tertiary/aromatic N) is 1. The number of carbonyl (C=O) groups excluding carboxylic acids is 2. The summed E-state index contributed by atoms with van der Waals surface area (Å²) in [7, 11) is -0.957. The van der Waals surface area contributed by atoms with Crippen molar-refractivity contribution in [1.29, 1.82) is 0 Å². The summed E-state index contributed by atoms with van der Waals surface area (Å²) in [5, 5.41) is 2.75. The molecule has 0 heterocycles. The first-order valence-electron chi connectivity index (χ1n) is 11.0. The maximum absolute atomic E-state index is 13.4. The van der Waals surface area contributed by atoms with Crippen molar-refractivity contribution in [3.63, 3.8) is 0 Å². The molecular weight excluding hydrogens is 484 g/mol. The average molecular weight is 513 g/mol. The van der Waals surface area contributed by atoms with Crippen LogP contribution in [0.5, 0.6) is 11.5 Å². The maximum Gasteiger partial charge on any atom is 0.338 e. The molecule has 0 spiro atoms. The fourth-order valence-electron chi connectivity index (χ4n) is 3.49. The molecule has 0 saturated carbocycles. The van der Waals surface area contributed by atoms with Crippen molar-refractivity contribution in [2.75, 3.05) is 36.7 Å². The molecule has 36 heavy (non-hydrogen) atoms. The smallest absolute Gasteiger partial charge is 0.338 e. The Kier molecular flexibility index (Phi) is 8.55. The van der Waals surface area contributed by atoms with Crippen LogP contribution >= 0.6 is 0 Å². The zero-order valence-corrected chi connectivity index (χ0v) is 21.3. The Morgan fingerprint density at radius 1 is 0.917 bits per heavy atom. The first kappa shape index (κ1) is 26.6. The van der Waals surface area contributed by atoms with Crippen LogP contribution in [0.1, 0.15) is 33.2 Å². The standard InChI is InChI=1S/C26H28N2O7S/c1-5-35-26(30)19-11-13-20(14-12-19)27-25(29)21-15-23(33-2)24(34-3)16-22(21)28(36(4,31)32)17-18-9-7-6-8-10-18/h6-16H,5,17H2,1-4H3,(H,27,29). The second kappa shape index (κ2) is 11.6. The van der Waals surface area contributed by atoms with E-state index in [-0.39, 0.29) is 35.9 Å². The minimum atomic E-state index is -3.80. The Bertz CT molecular complexity index is 1320. The Morgan fingerprint density at radius 3 is 2.08 bits per heavy atom. The molecule has 0 aliphatic rings. The van der Waals surface area contributed by atoms with Crippen LogP contribution in [0.25, 0.3) is 0 Å². The van der Waals surface area contributed by atoms with Crippen LogP contribution in [0.15, 0.2) is 66.7 Å². The number of ether oxygens (including phenoxy) is 3. The number of sulfonamides is 1. The zero-order chi connectivity index (χ0) is 26.3. The lowest BCUT2D eigenvalue weighted by molar-refractivity contribution is 0.0526. The molecule has 0 aromatic heterocycles. The van der Waals surface area contributed by atoms with Gasteiger partial charge in [0.05, 0.1) is 50.4 Å². The molecule has 0 aliphatic heterocycles. The van der Waals surface area contributed by atoms with Gasteiger partial charge in [0.1, 0.15) is 0 Å². The predicted molar refractivity (Wildman–Crippen MR) is 137 cm³/mol. The zero-order valence-electron chi connectivity index (χ0n) is 20.5. The van der Waals surface area contributed by atoms with Gasteiger partial charge in [0.2, 0.25) is 10.0 Å². The Balaban J connectivity index is 2.03. The van der Waals surface area contributed by atoms with Gasteiger partial charge in [0.15, 0.2) is 11.5 Å². The lowest BCUT2D eigenvalue weighted by atomic mass is 10.1. The number of carbonyl (C=O) groups is 2. The summed E-state index contributed by atoms with van der Waals surface area (Å²) in [6.45, 7) is 1.97. The van der Waals surface area contributed by atoms with Crippen LogP contribution in [0, 0.1) is 0 Å². The number of anilines is 2. The third-order valence-corrected chi connectivity index (χ3v) is 6.36. The molecule has 0 saturated heterocycles. The molecule has 1 N–H and O–H groups in total. The fraction of sp³-hybridized carbons (Fsp3) is 0.231. The summed E-state index contributed by atoms with van der Waals surface area (Å²) in [6, 6.07) is 18.1. The van der Waals surface area contributed by atoms with Crippen molar-refractivity contribution in [1.82, 2.24) is 0 Å². The highest BCUT2D eigenvalue weighted by Gasteiger charge is 2.26. The number of hydrogen-bond acceptors (Lipinski definition) is 7. The Hall–Kier alpha value is -4.05. The van der Waals surface area contributed by atoms with Gasteiger partial charge in [-0.15, -0.1) is 0 Å². The normalized spacial score (nSPS) is 10.9. The number of benzene rings is 3. The van der Waals surface area contributed by atoms with Crippen molar-refractivity contribution in [2.45, 2.75) is 13.5 Å². The van der Waals surface area contributed by atoms with E-state index >= 15 is 0 Å². The molecule has 1 amide bonds. The van der Waals surface area contributed by atoms with E-state index in [1.807, 2.05) is 6.07 Å². The van der Waals surface area contributed by atoms with Crippen molar-refractivity contribution in [2.24, 2.45) is 0 Å². The van der Waals surface area contributed by atoms with Crippen LogP contribution in [0.4, 0.5) is 11.4 Å². The highest BCUT2D eigenvalue weighted by molar-refractivity contribution is 7.92. The predicted octanol–water partition coefficient (Wildman–Crippen LogP) is 4.10. The molecule has 3 aromatic rings. The minimum absolute atomic E-state index is 0.00364. The van der Waals surface area contributed by atoms with Gasteiger partial charge in [0.25, 0.3) is 5.91 Å². The van der Waals surface area contributed by atoms with Gasteiger partial charge in [-0.05, 0) is 42.8 Å². The Morgan fingerprint density at radius 2 is 1.53 bits per heavy atom. The lowest BCUT2D eigenvalue weighted by Crippen LogP contribution is -2.31. The summed E-state index contributed by atoms with van der Waals surface area (Å²) in [5.41, 5.74) is 1.66. The van der Waals surface area contributed by atoms with E-state index in [0.717, 1.165) is 16.1 Å². The highest BCUT2D eigenvalue weighted by Crippen LogP contribution is 2.37. The molecule has 0 aliphatic carbocycles. The summed E-state index contributed by atoms with van der Waals surface area (Å²) in [6.07, 6.45) is 1.07. The molecule has 190 valence electrons. The van der Waals surface area contributed by atoms with Gasteiger partial charge < -0.3 is 19.5 Å². The highest BCUT2D eigenvalue weighted by atomic mass is 32.2. The van der Waals surface area contributed by atoms with Gasteiger partial charge in [-0.1, -0.05) is 30.3 Å². The number of nitrogens with one attached hydrogen (secondary N) is 1. The third kappa shape index (κ3) is 6.33. The quantitative estimate of drug-likeness (QED) is 0.407. The number of esters is 1. The molecule has 0 unspecified atom stereocenters. The third-order valence-electron chi connectivity index (χ3n) is 5.24. The molecule has 9 nitrogen and oxygen atoms in total. The Labute approximate surface area is 210 Å². The molecule has 0 bridgehead atoms. The molecule has 3 rings (SSSR count). The maximum atomic E-state index is 13.4. The molecule has 0 atom stereocenters. The van der Waals surface area contributed by atoms with E-state index in [0.29, 0.717) is 11.3 Å². The SMILES string of the molecule is CCOC(=O)c1ccc(NC(=O)c2cc(OC)c(OC)cc2N(Cc2ccccc2)S(C)(=O)=O)cc1. The largest absolute Gasteiger partial charge is 0.493 e. The molecular formula is C26H28N2O7S. The first-order valence-corrected chi connectivity index (χ1v) is 12.9. The van der Waals surface area contributed by atoms with Crippen molar-refractivity contribution >= 4 is 33.3 Å². The second-order valence-electron chi connectivity index (χ2n) is 7.73. The molecule has 10 heteroatoms. The summed E-state index contributed by atoms with van der Waals surface area (Å²) in [5.74, 6) is -0.513.